The molecule has 36 heavy (non-hydrogen) atoms. The minimum absolute atomic E-state index is 0.0477. The van der Waals surface area contributed by atoms with Crippen molar-refractivity contribution in [2.45, 2.75) is 42.5 Å². The molecule has 1 aliphatic rings. The molecule has 0 saturated carbocycles. The number of carbonyl (C=O) groups is 1. The topological polar surface area (TPSA) is 76.6 Å². The summed E-state index contributed by atoms with van der Waals surface area (Å²) in [7, 11) is -3.71. The maximum atomic E-state index is 13.0. The van der Waals surface area contributed by atoms with E-state index in [1.807, 2.05) is 54.6 Å². The quantitative estimate of drug-likeness (QED) is 0.265. The number of halogens is 1. The number of hydrogen-bond donors (Lipinski definition) is 0. The van der Waals surface area contributed by atoms with Crippen molar-refractivity contribution in [3.05, 3.63) is 88.4 Å². The fraction of sp³-hybridized carbons (Fsp3) is 0.259. The van der Waals surface area contributed by atoms with Crippen LogP contribution in [0.4, 0.5) is 0 Å². The van der Waals surface area contributed by atoms with Gasteiger partial charge in [-0.3, -0.25) is 4.79 Å². The summed E-state index contributed by atoms with van der Waals surface area (Å²) in [5.41, 5.74) is 2.02. The Morgan fingerprint density at radius 3 is 2.56 bits per heavy atom. The Labute approximate surface area is 219 Å². The van der Waals surface area contributed by atoms with Crippen LogP contribution >= 0.6 is 22.9 Å². The second kappa shape index (κ2) is 10.7. The molecule has 6 nitrogen and oxygen atoms in total. The molecule has 1 fully saturated rings. The Balaban J connectivity index is 1.16. The Bertz CT molecular complexity index is 1490. The van der Waals surface area contributed by atoms with Gasteiger partial charge < -0.3 is 4.74 Å². The van der Waals surface area contributed by atoms with E-state index in [9.17, 15) is 13.2 Å². The molecule has 0 bridgehead atoms. The number of thiophene rings is 1. The van der Waals surface area contributed by atoms with Crippen molar-refractivity contribution in [2.24, 2.45) is 0 Å². The van der Waals surface area contributed by atoms with Gasteiger partial charge in [-0.15, -0.1) is 11.3 Å². The molecule has 1 atom stereocenters. The second-order valence-electron chi connectivity index (χ2n) is 8.77. The molecule has 0 amide bonds. The number of fused-ring (bicyclic) bond motifs is 1. The summed E-state index contributed by atoms with van der Waals surface area (Å²) in [6, 6.07) is 20.3. The van der Waals surface area contributed by atoms with Crippen LogP contribution in [0, 0.1) is 0 Å². The fourth-order valence-electron chi connectivity index (χ4n) is 4.44. The summed E-state index contributed by atoms with van der Waals surface area (Å²) >= 11 is 6.95. The Hall–Kier alpha value is -2.78. The lowest BCUT2D eigenvalue weighted by atomic mass is 10.0. The second-order valence-corrected chi connectivity index (χ2v) is 12.6. The highest BCUT2D eigenvalue weighted by Gasteiger charge is 2.39. The fourth-order valence-corrected chi connectivity index (χ4v) is 7.73. The first-order chi connectivity index (χ1) is 17.4. The van der Waals surface area contributed by atoms with E-state index in [0.29, 0.717) is 49.1 Å². The number of rotatable bonds is 9. The molecule has 5 rings (SSSR count). The molecular formula is C27H25ClN2O4S2. The number of pyridine rings is 1. The Morgan fingerprint density at radius 2 is 1.81 bits per heavy atom. The highest BCUT2D eigenvalue weighted by molar-refractivity contribution is 7.91. The minimum Gasteiger partial charge on any atom is -0.473 e. The molecule has 3 heterocycles. The van der Waals surface area contributed by atoms with Crippen LogP contribution in [0.15, 0.2) is 77.1 Å². The minimum atomic E-state index is -3.71. The van der Waals surface area contributed by atoms with Gasteiger partial charge in [0, 0.05) is 30.6 Å². The smallest absolute Gasteiger partial charge is 0.253 e. The number of aromatic nitrogens is 1. The van der Waals surface area contributed by atoms with E-state index in [1.165, 1.54) is 10.4 Å². The molecule has 2 aromatic heterocycles. The molecule has 186 valence electrons. The summed E-state index contributed by atoms with van der Waals surface area (Å²) in [4.78, 5) is 17.3. The lowest BCUT2D eigenvalue weighted by molar-refractivity contribution is -0.122. The Kier molecular flexibility index (Phi) is 7.39. The van der Waals surface area contributed by atoms with E-state index >= 15 is 0 Å². The first-order valence-electron chi connectivity index (χ1n) is 11.8. The maximum absolute atomic E-state index is 13.0. The monoisotopic (exact) mass is 540 g/mol. The summed E-state index contributed by atoms with van der Waals surface area (Å²) < 4.78 is 33.8. The van der Waals surface area contributed by atoms with E-state index in [-0.39, 0.29) is 9.99 Å². The largest absolute Gasteiger partial charge is 0.473 e. The van der Waals surface area contributed by atoms with Crippen LogP contribution in [-0.2, 0) is 27.8 Å². The van der Waals surface area contributed by atoms with E-state index in [0.717, 1.165) is 33.2 Å². The van der Waals surface area contributed by atoms with Gasteiger partial charge in [0.15, 0.2) is 5.78 Å². The molecule has 0 spiro atoms. The molecule has 9 heteroatoms. The van der Waals surface area contributed by atoms with Crippen LogP contribution in [0.5, 0.6) is 5.88 Å². The lowest BCUT2D eigenvalue weighted by Crippen LogP contribution is -2.40. The van der Waals surface area contributed by atoms with Gasteiger partial charge >= 0.3 is 0 Å². The van der Waals surface area contributed by atoms with Gasteiger partial charge in [-0.25, -0.2) is 13.4 Å². The van der Waals surface area contributed by atoms with Crippen LogP contribution in [0.2, 0.25) is 4.34 Å². The van der Waals surface area contributed by atoms with Gasteiger partial charge in [-0.1, -0.05) is 60.1 Å². The predicted octanol–water partition coefficient (Wildman–Crippen LogP) is 5.88. The average molecular weight is 541 g/mol. The van der Waals surface area contributed by atoms with Crippen LogP contribution in [0.3, 0.4) is 0 Å². The highest BCUT2D eigenvalue weighted by atomic mass is 35.5. The van der Waals surface area contributed by atoms with Crippen molar-refractivity contribution in [3.8, 4) is 5.88 Å². The number of hydrogen-bond acceptors (Lipinski definition) is 6. The standard InChI is InChI=1S/C27H25ClN2O4S2/c28-25-13-14-27(35-25)36(32,33)30-15-3-6-23(30)24(31)12-11-19-7-9-20(10-8-19)18-34-26-16-21-4-1-2-5-22(21)17-29-26/h1-2,4-5,7-10,13-14,16-17,23H,3,6,11-12,15,18H2/t23-/m0/s1. The third kappa shape index (κ3) is 5.47. The predicted molar refractivity (Wildman–Crippen MR) is 142 cm³/mol. The third-order valence-corrected chi connectivity index (χ3v) is 9.97. The van der Waals surface area contributed by atoms with E-state index in [1.54, 1.807) is 12.3 Å². The molecule has 0 radical (unpaired) electrons. The third-order valence-electron chi connectivity index (χ3n) is 6.36. The maximum Gasteiger partial charge on any atom is 0.253 e. The molecule has 0 unspecified atom stereocenters. The van der Waals surface area contributed by atoms with Crippen molar-refractivity contribution in [2.75, 3.05) is 6.54 Å². The lowest BCUT2D eigenvalue weighted by Gasteiger charge is -2.22. The highest BCUT2D eigenvalue weighted by Crippen LogP contribution is 2.33. The van der Waals surface area contributed by atoms with Gasteiger partial charge in [0.1, 0.15) is 10.8 Å². The zero-order valence-corrected chi connectivity index (χ0v) is 21.9. The van der Waals surface area contributed by atoms with Gasteiger partial charge in [0.25, 0.3) is 10.0 Å². The molecule has 1 aliphatic heterocycles. The SMILES string of the molecule is O=C(CCc1ccc(COc2cc3ccccc3cn2)cc1)[C@@H]1CCCN1S(=O)(=O)c1ccc(Cl)s1. The van der Waals surface area contributed by atoms with Crippen molar-refractivity contribution in [1.82, 2.24) is 9.29 Å². The number of ether oxygens (including phenoxy) is 1. The number of benzene rings is 2. The molecule has 0 N–H and O–H groups in total. The summed E-state index contributed by atoms with van der Waals surface area (Å²) in [6.45, 7) is 0.751. The summed E-state index contributed by atoms with van der Waals surface area (Å²) in [5, 5.41) is 2.15. The van der Waals surface area contributed by atoms with Crippen molar-refractivity contribution >= 4 is 49.5 Å². The summed E-state index contributed by atoms with van der Waals surface area (Å²) in [6.07, 6.45) is 3.88. The van der Waals surface area contributed by atoms with Crippen molar-refractivity contribution < 1.29 is 17.9 Å². The van der Waals surface area contributed by atoms with Crippen molar-refractivity contribution in [3.63, 3.8) is 0 Å². The molecule has 2 aromatic carbocycles. The van der Waals surface area contributed by atoms with Crippen LogP contribution in [-0.4, -0.2) is 36.1 Å². The first-order valence-corrected chi connectivity index (χ1v) is 14.4. The molecule has 1 saturated heterocycles. The van der Waals surface area contributed by atoms with E-state index < -0.39 is 16.1 Å². The van der Waals surface area contributed by atoms with Crippen molar-refractivity contribution in [1.29, 1.82) is 0 Å². The van der Waals surface area contributed by atoms with Crippen LogP contribution < -0.4 is 4.74 Å². The number of Topliss-reactive ketones (excluding diaryl/α,β-unsaturated/α-hetero) is 1. The van der Waals surface area contributed by atoms with Gasteiger partial charge in [0.2, 0.25) is 5.88 Å². The zero-order chi connectivity index (χ0) is 25.1. The number of carbonyl (C=O) groups excluding carboxylic acids is 1. The van der Waals surface area contributed by atoms with Crippen LogP contribution in [0.25, 0.3) is 10.8 Å². The zero-order valence-electron chi connectivity index (χ0n) is 19.5. The van der Waals surface area contributed by atoms with Crippen LogP contribution in [0.1, 0.15) is 30.4 Å². The number of sulfonamides is 1. The van der Waals surface area contributed by atoms with Gasteiger partial charge in [-0.05, 0) is 47.9 Å². The van der Waals surface area contributed by atoms with E-state index in [4.69, 9.17) is 16.3 Å². The van der Waals surface area contributed by atoms with Gasteiger partial charge in [0.05, 0.1) is 10.4 Å². The molecule has 0 aliphatic carbocycles. The molecule has 4 aromatic rings. The normalized spacial score (nSPS) is 16.4. The van der Waals surface area contributed by atoms with E-state index in [2.05, 4.69) is 4.98 Å². The molecular weight excluding hydrogens is 516 g/mol. The van der Waals surface area contributed by atoms with Gasteiger partial charge in [-0.2, -0.15) is 4.31 Å². The number of nitrogens with zero attached hydrogens (tertiary/aromatic N) is 2. The number of aryl methyl sites for hydroxylation is 1. The average Bonchev–Trinajstić information content (AvgIpc) is 3.57. The first kappa shape index (κ1) is 24.9. The Morgan fingerprint density at radius 1 is 1.06 bits per heavy atom. The number of ketones is 1. The summed E-state index contributed by atoms with van der Waals surface area (Å²) in [5.74, 6) is 0.526.